The third-order valence-corrected chi connectivity index (χ3v) is 5.73. The number of thiazole rings is 1. The summed E-state index contributed by atoms with van der Waals surface area (Å²) in [7, 11) is 0. The van der Waals surface area contributed by atoms with Crippen molar-refractivity contribution in [1.29, 1.82) is 0 Å². The lowest BCUT2D eigenvalue weighted by molar-refractivity contribution is -0.118. The van der Waals surface area contributed by atoms with Crippen molar-refractivity contribution >= 4 is 39.8 Å². The Morgan fingerprint density at radius 2 is 1.84 bits per heavy atom. The minimum atomic E-state index is -0.393. The normalized spacial score (nSPS) is 12.8. The minimum absolute atomic E-state index is 0.00848. The molecule has 1 fully saturated rings. The Hall–Kier alpha value is -3.52. The minimum Gasteiger partial charge on any atom is -0.484 e. The van der Waals surface area contributed by atoms with Gasteiger partial charge in [0.05, 0.1) is 10.6 Å². The molecule has 31 heavy (non-hydrogen) atoms. The number of carbonyl (C=O) groups is 3. The van der Waals surface area contributed by atoms with Crippen molar-refractivity contribution in [3.05, 3.63) is 59.5 Å². The van der Waals surface area contributed by atoms with Crippen molar-refractivity contribution in [3.63, 3.8) is 0 Å². The van der Waals surface area contributed by atoms with Gasteiger partial charge in [0, 0.05) is 30.2 Å². The average Bonchev–Trinajstić information content (AvgIpc) is 3.53. The van der Waals surface area contributed by atoms with Crippen LogP contribution in [0.2, 0.25) is 0 Å². The molecule has 0 bridgehead atoms. The van der Waals surface area contributed by atoms with Crippen LogP contribution in [0.4, 0.5) is 10.8 Å². The number of nitrogens with one attached hydrogen (secondary N) is 2. The quantitative estimate of drug-likeness (QED) is 0.512. The molecule has 2 aromatic carbocycles. The van der Waals surface area contributed by atoms with Crippen LogP contribution >= 0.6 is 11.3 Å². The van der Waals surface area contributed by atoms with Gasteiger partial charge in [0.2, 0.25) is 5.91 Å². The van der Waals surface area contributed by atoms with E-state index in [0.717, 1.165) is 29.7 Å². The highest BCUT2D eigenvalue weighted by molar-refractivity contribution is 7.18. The second-order valence-corrected chi connectivity index (χ2v) is 8.25. The van der Waals surface area contributed by atoms with Gasteiger partial charge in [-0.15, -0.1) is 0 Å². The van der Waals surface area contributed by atoms with Crippen LogP contribution in [0.1, 0.15) is 29.4 Å². The van der Waals surface area contributed by atoms with E-state index in [-0.39, 0.29) is 24.2 Å². The number of hydrogen-bond donors (Lipinski definition) is 2. The molecule has 2 N–H and O–H groups in total. The van der Waals surface area contributed by atoms with Gasteiger partial charge in [-0.3, -0.25) is 19.7 Å². The Balaban J connectivity index is 1.38. The van der Waals surface area contributed by atoms with Crippen molar-refractivity contribution in [1.82, 2.24) is 4.98 Å². The van der Waals surface area contributed by atoms with Gasteiger partial charge in [0.1, 0.15) is 5.75 Å². The van der Waals surface area contributed by atoms with E-state index in [4.69, 9.17) is 4.74 Å². The molecule has 0 saturated heterocycles. The number of ketones is 1. The third-order valence-electron chi connectivity index (χ3n) is 4.66. The molecular weight excluding hydrogens is 414 g/mol. The van der Waals surface area contributed by atoms with E-state index in [1.165, 1.54) is 6.92 Å². The first-order valence-corrected chi connectivity index (χ1v) is 10.7. The Morgan fingerprint density at radius 3 is 2.55 bits per heavy atom. The first-order valence-electron chi connectivity index (χ1n) is 9.90. The average molecular weight is 436 g/mol. The molecule has 0 spiro atoms. The lowest BCUT2D eigenvalue weighted by Gasteiger charge is -2.08. The molecule has 1 aliphatic rings. The van der Waals surface area contributed by atoms with E-state index < -0.39 is 5.91 Å². The van der Waals surface area contributed by atoms with E-state index in [1.807, 2.05) is 30.3 Å². The van der Waals surface area contributed by atoms with E-state index >= 15 is 0 Å². The number of hydrogen-bond acceptors (Lipinski definition) is 6. The fraction of sp³-hybridized carbons (Fsp3) is 0.217. The summed E-state index contributed by atoms with van der Waals surface area (Å²) in [5.41, 5.74) is 1.99. The second-order valence-electron chi connectivity index (χ2n) is 7.25. The lowest BCUT2D eigenvalue weighted by atomic mass is 10.1. The number of amides is 2. The summed E-state index contributed by atoms with van der Waals surface area (Å²) < 4.78 is 5.55. The van der Waals surface area contributed by atoms with Crippen LogP contribution in [-0.4, -0.2) is 29.2 Å². The summed E-state index contributed by atoms with van der Waals surface area (Å²) in [6.45, 7) is 1.25. The fourth-order valence-electron chi connectivity index (χ4n) is 2.96. The number of anilines is 2. The van der Waals surface area contributed by atoms with Crippen LogP contribution in [-0.2, 0) is 9.59 Å². The molecule has 2 amide bonds. The van der Waals surface area contributed by atoms with Crippen molar-refractivity contribution in [3.8, 4) is 17.0 Å². The van der Waals surface area contributed by atoms with Crippen LogP contribution < -0.4 is 15.4 Å². The first-order chi connectivity index (χ1) is 15.0. The SMILES string of the molecule is CC(=O)c1sc(NC(=O)COc2cccc(NC(=O)C3CC3)c2)nc1-c1ccccc1. The summed E-state index contributed by atoms with van der Waals surface area (Å²) in [6, 6.07) is 16.3. The summed E-state index contributed by atoms with van der Waals surface area (Å²) in [4.78, 5) is 41.2. The van der Waals surface area contributed by atoms with E-state index in [1.54, 1.807) is 24.3 Å². The van der Waals surface area contributed by atoms with Gasteiger partial charge in [0.15, 0.2) is 17.5 Å². The topological polar surface area (TPSA) is 97.4 Å². The zero-order valence-electron chi connectivity index (χ0n) is 16.9. The van der Waals surface area contributed by atoms with Gasteiger partial charge in [-0.25, -0.2) is 4.98 Å². The molecule has 4 rings (SSSR count). The Bertz CT molecular complexity index is 1120. The monoisotopic (exact) mass is 435 g/mol. The zero-order chi connectivity index (χ0) is 21.8. The van der Waals surface area contributed by atoms with Gasteiger partial charge in [0.25, 0.3) is 5.91 Å². The molecule has 158 valence electrons. The van der Waals surface area contributed by atoms with E-state index in [2.05, 4.69) is 15.6 Å². The Kier molecular flexibility index (Phi) is 6.08. The highest BCUT2D eigenvalue weighted by Gasteiger charge is 2.29. The second kappa shape index (κ2) is 9.09. The summed E-state index contributed by atoms with van der Waals surface area (Å²) >= 11 is 1.13. The molecule has 1 saturated carbocycles. The van der Waals surface area contributed by atoms with Gasteiger partial charge in [-0.05, 0) is 25.0 Å². The van der Waals surface area contributed by atoms with Crippen molar-refractivity contribution < 1.29 is 19.1 Å². The maximum atomic E-state index is 12.3. The standard InChI is InChI=1S/C23H21N3O4S/c1-14(27)21-20(15-6-3-2-4-7-15)26-23(31-21)25-19(28)13-30-18-9-5-8-17(12-18)24-22(29)16-10-11-16/h2-9,12,16H,10-11,13H2,1H3,(H,24,29)(H,25,26,28). The molecule has 7 nitrogen and oxygen atoms in total. The largest absolute Gasteiger partial charge is 0.484 e. The smallest absolute Gasteiger partial charge is 0.264 e. The van der Waals surface area contributed by atoms with Crippen LogP contribution in [0.5, 0.6) is 5.75 Å². The summed E-state index contributed by atoms with van der Waals surface area (Å²) in [6.07, 6.45) is 1.85. The van der Waals surface area contributed by atoms with Gasteiger partial charge in [-0.1, -0.05) is 47.7 Å². The molecule has 0 atom stereocenters. The number of aromatic nitrogens is 1. The molecule has 8 heteroatoms. The predicted molar refractivity (Wildman–Crippen MR) is 119 cm³/mol. The number of carbonyl (C=O) groups excluding carboxylic acids is 3. The fourth-order valence-corrected chi connectivity index (χ4v) is 3.86. The number of nitrogens with zero attached hydrogens (tertiary/aromatic N) is 1. The molecule has 0 unspecified atom stereocenters. The number of ether oxygens (including phenoxy) is 1. The molecule has 0 radical (unpaired) electrons. The molecule has 1 aliphatic carbocycles. The van der Waals surface area contributed by atoms with Crippen molar-refractivity contribution in [2.45, 2.75) is 19.8 Å². The van der Waals surface area contributed by atoms with Crippen LogP contribution in [0.15, 0.2) is 54.6 Å². The molecule has 1 heterocycles. The molecule has 3 aromatic rings. The highest BCUT2D eigenvalue weighted by Crippen LogP contribution is 2.32. The van der Waals surface area contributed by atoms with Gasteiger partial charge < -0.3 is 10.1 Å². The highest BCUT2D eigenvalue weighted by atomic mass is 32.1. The van der Waals surface area contributed by atoms with Gasteiger partial charge >= 0.3 is 0 Å². The summed E-state index contributed by atoms with van der Waals surface area (Å²) in [5.74, 6) is 0.0785. The number of rotatable bonds is 8. The number of Topliss-reactive ketones (excluding diaryl/α,β-unsaturated/α-hetero) is 1. The molecule has 1 aromatic heterocycles. The van der Waals surface area contributed by atoms with Gasteiger partial charge in [-0.2, -0.15) is 0 Å². The van der Waals surface area contributed by atoms with E-state index in [0.29, 0.717) is 27.1 Å². The van der Waals surface area contributed by atoms with Crippen LogP contribution in [0, 0.1) is 5.92 Å². The molecule has 0 aliphatic heterocycles. The number of benzene rings is 2. The van der Waals surface area contributed by atoms with Crippen LogP contribution in [0.3, 0.4) is 0 Å². The lowest BCUT2D eigenvalue weighted by Crippen LogP contribution is -2.20. The predicted octanol–water partition coefficient (Wildman–Crippen LogP) is 4.38. The maximum Gasteiger partial charge on any atom is 0.264 e. The Morgan fingerprint density at radius 1 is 1.06 bits per heavy atom. The van der Waals surface area contributed by atoms with Crippen molar-refractivity contribution in [2.75, 3.05) is 17.2 Å². The van der Waals surface area contributed by atoms with E-state index in [9.17, 15) is 14.4 Å². The van der Waals surface area contributed by atoms with Crippen molar-refractivity contribution in [2.24, 2.45) is 5.92 Å². The molecular formula is C23H21N3O4S. The first kappa shape index (κ1) is 20.7. The Labute approximate surface area is 183 Å². The third kappa shape index (κ3) is 5.35. The zero-order valence-corrected chi connectivity index (χ0v) is 17.7. The maximum absolute atomic E-state index is 12.3. The summed E-state index contributed by atoms with van der Waals surface area (Å²) in [5, 5.41) is 5.87. The van der Waals surface area contributed by atoms with Crippen LogP contribution in [0.25, 0.3) is 11.3 Å².